The molecule has 0 atom stereocenters. The molecule has 1 aliphatic heterocycles. The lowest BCUT2D eigenvalue weighted by Crippen LogP contribution is -2.38. The molecule has 23 heavy (non-hydrogen) atoms. The van der Waals surface area contributed by atoms with Gasteiger partial charge in [0.2, 0.25) is 0 Å². The Bertz CT molecular complexity index is 673. The van der Waals surface area contributed by atoms with E-state index in [0.717, 1.165) is 73.9 Å². The van der Waals surface area contributed by atoms with Crippen LogP contribution in [-0.2, 0) is 6.42 Å². The molecule has 0 unspecified atom stereocenters. The van der Waals surface area contributed by atoms with Gasteiger partial charge in [-0.15, -0.1) is 0 Å². The predicted molar refractivity (Wildman–Crippen MR) is 92.0 cm³/mol. The summed E-state index contributed by atoms with van der Waals surface area (Å²) in [5, 5.41) is 17.7. The van der Waals surface area contributed by atoms with E-state index >= 15 is 0 Å². The van der Waals surface area contributed by atoms with Crippen molar-refractivity contribution in [3.8, 4) is 0 Å². The first kappa shape index (κ1) is 16.2. The first-order chi connectivity index (χ1) is 11.1. The molecule has 6 heteroatoms. The Balaban J connectivity index is 1.70. The van der Waals surface area contributed by atoms with Crippen LogP contribution in [-0.4, -0.2) is 56.9 Å². The average Bonchev–Trinajstić information content (AvgIpc) is 2.84. The Hall–Kier alpha value is -1.66. The van der Waals surface area contributed by atoms with Crippen molar-refractivity contribution >= 4 is 11.5 Å². The molecule has 0 saturated carbocycles. The number of fused-ring (bicyclic) bond motifs is 1. The van der Waals surface area contributed by atoms with Gasteiger partial charge in [0.15, 0.2) is 5.65 Å². The SMILES string of the molecule is CCc1cc(NCCN2CCC(O)CC2)n2nc(C)c(C)c2n1. The Morgan fingerprint density at radius 2 is 2.04 bits per heavy atom. The van der Waals surface area contributed by atoms with Crippen molar-refractivity contribution in [1.29, 1.82) is 0 Å². The number of hydrogen-bond acceptors (Lipinski definition) is 5. The number of aromatic nitrogens is 3. The number of nitrogens with one attached hydrogen (secondary N) is 1. The number of hydrogen-bond donors (Lipinski definition) is 2. The van der Waals surface area contributed by atoms with E-state index in [9.17, 15) is 5.11 Å². The zero-order valence-electron chi connectivity index (χ0n) is 14.3. The highest BCUT2D eigenvalue weighted by atomic mass is 16.3. The standard InChI is InChI=1S/C17H27N5O/c1-4-14-11-16(22-17(19-14)12(2)13(3)20-22)18-7-10-21-8-5-15(23)6-9-21/h11,15,18,23H,4-10H2,1-3H3. The van der Waals surface area contributed by atoms with Gasteiger partial charge in [-0.05, 0) is 33.1 Å². The molecule has 0 aliphatic carbocycles. The van der Waals surface area contributed by atoms with Gasteiger partial charge >= 0.3 is 0 Å². The van der Waals surface area contributed by atoms with Crippen LogP contribution in [0.2, 0.25) is 0 Å². The molecule has 1 fully saturated rings. The van der Waals surface area contributed by atoms with E-state index < -0.39 is 0 Å². The summed E-state index contributed by atoms with van der Waals surface area (Å²) in [4.78, 5) is 7.10. The Labute approximate surface area is 137 Å². The van der Waals surface area contributed by atoms with Gasteiger partial charge in [0.1, 0.15) is 5.82 Å². The maximum absolute atomic E-state index is 9.57. The fourth-order valence-corrected chi connectivity index (χ4v) is 3.07. The molecule has 0 bridgehead atoms. The van der Waals surface area contributed by atoms with E-state index in [-0.39, 0.29) is 6.10 Å². The van der Waals surface area contributed by atoms with E-state index in [2.05, 4.69) is 35.2 Å². The summed E-state index contributed by atoms with van der Waals surface area (Å²) in [5.41, 5.74) is 4.21. The van der Waals surface area contributed by atoms with Gasteiger partial charge < -0.3 is 15.3 Å². The summed E-state index contributed by atoms with van der Waals surface area (Å²) in [7, 11) is 0. The third-order valence-corrected chi connectivity index (χ3v) is 4.76. The lowest BCUT2D eigenvalue weighted by Gasteiger charge is -2.29. The van der Waals surface area contributed by atoms with Crippen molar-refractivity contribution in [2.75, 3.05) is 31.5 Å². The lowest BCUT2D eigenvalue weighted by atomic mass is 10.1. The van der Waals surface area contributed by atoms with Crippen molar-refractivity contribution in [2.45, 2.75) is 46.1 Å². The number of nitrogens with zero attached hydrogens (tertiary/aromatic N) is 4. The summed E-state index contributed by atoms with van der Waals surface area (Å²) in [6, 6.07) is 2.10. The number of anilines is 1. The molecule has 6 nitrogen and oxygen atoms in total. The molecule has 3 rings (SSSR count). The van der Waals surface area contributed by atoms with Crippen LogP contribution in [0.3, 0.4) is 0 Å². The van der Waals surface area contributed by atoms with E-state index in [1.807, 2.05) is 11.4 Å². The molecule has 1 saturated heterocycles. The number of rotatable bonds is 5. The molecule has 0 spiro atoms. The van der Waals surface area contributed by atoms with Crippen molar-refractivity contribution in [3.63, 3.8) is 0 Å². The fourth-order valence-electron chi connectivity index (χ4n) is 3.07. The zero-order valence-corrected chi connectivity index (χ0v) is 14.3. The third kappa shape index (κ3) is 3.48. The van der Waals surface area contributed by atoms with E-state index in [1.54, 1.807) is 0 Å². The van der Waals surface area contributed by atoms with Crippen LogP contribution in [0.1, 0.15) is 36.7 Å². The lowest BCUT2D eigenvalue weighted by molar-refractivity contribution is 0.0845. The first-order valence-corrected chi connectivity index (χ1v) is 8.58. The first-order valence-electron chi connectivity index (χ1n) is 8.58. The minimum absolute atomic E-state index is 0.110. The van der Waals surface area contributed by atoms with Crippen LogP contribution in [0, 0.1) is 13.8 Å². The molecule has 0 amide bonds. The summed E-state index contributed by atoms with van der Waals surface area (Å²) in [5.74, 6) is 1.01. The number of likely N-dealkylation sites (tertiary alicyclic amines) is 1. The van der Waals surface area contributed by atoms with E-state index in [1.165, 1.54) is 0 Å². The fraction of sp³-hybridized carbons (Fsp3) is 0.647. The number of aliphatic hydroxyl groups excluding tert-OH is 1. The molecule has 0 radical (unpaired) electrons. The van der Waals surface area contributed by atoms with Gasteiger partial charge in [0, 0.05) is 43.5 Å². The van der Waals surface area contributed by atoms with Crippen molar-refractivity contribution < 1.29 is 5.11 Å². The molecular weight excluding hydrogens is 290 g/mol. The Kier molecular flexibility index (Phi) is 4.82. The molecule has 1 aliphatic rings. The summed E-state index contributed by atoms with van der Waals surface area (Å²) in [6.45, 7) is 10.0. The van der Waals surface area contributed by atoms with E-state index in [0.29, 0.717) is 0 Å². The molecule has 0 aromatic carbocycles. The van der Waals surface area contributed by atoms with Gasteiger partial charge in [0.25, 0.3) is 0 Å². The van der Waals surface area contributed by atoms with Crippen molar-refractivity contribution in [3.05, 3.63) is 23.0 Å². The van der Waals surface area contributed by atoms with Gasteiger partial charge in [-0.2, -0.15) is 9.61 Å². The predicted octanol–water partition coefficient (Wildman–Crippen LogP) is 1.78. The molecule has 126 valence electrons. The second-order valence-electron chi connectivity index (χ2n) is 6.43. The smallest absolute Gasteiger partial charge is 0.160 e. The van der Waals surface area contributed by atoms with Crippen LogP contribution in [0.25, 0.3) is 5.65 Å². The molecule has 2 aromatic heterocycles. The highest BCUT2D eigenvalue weighted by Crippen LogP contribution is 2.19. The average molecular weight is 317 g/mol. The van der Waals surface area contributed by atoms with Gasteiger partial charge in [-0.3, -0.25) is 0 Å². The molecule has 2 aromatic rings. The van der Waals surface area contributed by atoms with Crippen LogP contribution >= 0.6 is 0 Å². The maximum Gasteiger partial charge on any atom is 0.160 e. The summed E-state index contributed by atoms with van der Waals surface area (Å²) >= 11 is 0. The number of aryl methyl sites for hydroxylation is 3. The molecular formula is C17H27N5O. The Morgan fingerprint density at radius 3 is 2.74 bits per heavy atom. The van der Waals surface area contributed by atoms with Gasteiger partial charge in [-0.1, -0.05) is 6.92 Å². The van der Waals surface area contributed by atoms with Crippen LogP contribution in [0.5, 0.6) is 0 Å². The zero-order chi connectivity index (χ0) is 16.4. The van der Waals surface area contributed by atoms with Crippen molar-refractivity contribution in [1.82, 2.24) is 19.5 Å². The largest absolute Gasteiger partial charge is 0.393 e. The normalized spacial score (nSPS) is 17.0. The maximum atomic E-state index is 9.57. The minimum atomic E-state index is -0.110. The second kappa shape index (κ2) is 6.84. The topological polar surface area (TPSA) is 65.7 Å². The second-order valence-corrected chi connectivity index (χ2v) is 6.43. The highest BCUT2D eigenvalue weighted by Gasteiger charge is 2.16. The molecule has 2 N–H and O–H groups in total. The van der Waals surface area contributed by atoms with Crippen LogP contribution in [0.15, 0.2) is 6.07 Å². The van der Waals surface area contributed by atoms with Gasteiger partial charge in [-0.25, -0.2) is 4.98 Å². The van der Waals surface area contributed by atoms with Crippen LogP contribution in [0.4, 0.5) is 5.82 Å². The number of piperidine rings is 1. The highest BCUT2D eigenvalue weighted by molar-refractivity contribution is 5.56. The Morgan fingerprint density at radius 1 is 1.30 bits per heavy atom. The quantitative estimate of drug-likeness (QED) is 0.880. The molecule has 3 heterocycles. The minimum Gasteiger partial charge on any atom is -0.393 e. The third-order valence-electron chi connectivity index (χ3n) is 4.76. The number of aliphatic hydroxyl groups is 1. The van der Waals surface area contributed by atoms with Crippen molar-refractivity contribution in [2.24, 2.45) is 0 Å². The summed E-state index contributed by atoms with van der Waals surface area (Å²) in [6.07, 6.45) is 2.58. The van der Waals surface area contributed by atoms with Gasteiger partial charge in [0.05, 0.1) is 11.8 Å². The van der Waals surface area contributed by atoms with E-state index in [4.69, 9.17) is 4.98 Å². The summed E-state index contributed by atoms with van der Waals surface area (Å²) < 4.78 is 1.92. The van der Waals surface area contributed by atoms with Crippen LogP contribution < -0.4 is 5.32 Å². The monoisotopic (exact) mass is 317 g/mol.